The van der Waals surface area contributed by atoms with Crippen molar-refractivity contribution in [3.05, 3.63) is 22.9 Å². The lowest BCUT2D eigenvalue weighted by atomic mass is 9.97. The summed E-state index contributed by atoms with van der Waals surface area (Å²) in [6, 6.07) is 1.70. The van der Waals surface area contributed by atoms with Crippen molar-refractivity contribution in [1.82, 2.24) is 4.98 Å². The van der Waals surface area contributed by atoms with Gasteiger partial charge in [-0.1, -0.05) is 0 Å². The number of aromatic carboxylic acids is 1. The molecular formula is C13H17NO4S. The molecule has 0 saturated heterocycles. The number of carboxylic acid groups (broad SMARTS) is 2. The first-order valence-corrected chi connectivity index (χ1v) is 6.71. The van der Waals surface area contributed by atoms with E-state index in [2.05, 4.69) is 4.98 Å². The van der Waals surface area contributed by atoms with Crippen molar-refractivity contribution in [3.63, 3.8) is 0 Å². The Balaban J connectivity index is 3.07. The van der Waals surface area contributed by atoms with E-state index in [9.17, 15) is 14.7 Å². The van der Waals surface area contributed by atoms with Gasteiger partial charge in [0.1, 0.15) is 5.03 Å². The third kappa shape index (κ3) is 3.70. The monoisotopic (exact) mass is 283 g/mol. The molecule has 0 saturated carbocycles. The fourth-order valence-corrected chi connectivity index (χ4v) is 2.70. The Morgan fingerprint density at radius 2 is 1.89 bits per heavy atom. The molecule has 0 aliphatic rings. The lowest BCUT2D eigenvalue weighted by Crippen LogP contribution is -2.26. The van der Waals surface area contributed by atoms with E-state index >= 15 is 0 Å². The second-order valence-electron chi connectivity index (χ2n) is 5.04. The smallest absolute Gasteiger partial charge is 0.338 e. The molecule has 104 valence electrons. The maximum atomic E-state index is 11.2. The van der Waals surface area contributed by atoms with Crippen molar-refractivity contribution in [3.8, 4) is 0 Å². The summed E-state index contributed by atoms with van der Waals surface area (Å²) in [7, 11) is 0. The van der Waals surface area contributed by atoms with Crippen molar-refractivity contribution in [1.29, 1.82) is 0 Å². The number of pyridine rings is 1. The van der Waals surface area contributed by atoms with Crippen LogP contribution in [0.15, 0.2) is 11.1 Å². The Morgan fingerprint density at radius 3 is 2.37 bits per heavy atom. The maximum absolute atomic E-state index is 11.2. The Labute approximate surface area is 116 Å². The number of rotatable bonds is 5. The molecule has 1 rings (SSSR count). The van der Waals surface area contributed by atoms with Crippen LogP contribution >= 0.6 is 11.8 Å². The van der Waals surface area contributed by atoms with E-state index in [1.165, 1.54) is 11.8 Å². The molecule has 0 aliphatic carbocycles. The van der Waals surface area contributed by atoms with Gasteiger partial charge in [-0.25, -0.2) is 9.78 Å². The van der Waals surface area contributed by atoms with Crippen molar-refractivity contribution in [2.24, 2.45) is 5.41 Å². The predicted molar refractivity (Wildman–Crippen MR) is 72.8 cm³/mol. The Hall–Kier alpha value is -1.56. The van der Waals surface area contributed by atoms with Gasteiger partial charge in [0, 0.05) is 11.4 Å². The number of nitrogens with zero attached hydrogens (tertiary/aromatic N) is 1. The number of thioether (sulfide) groups is 1. The zero-order valence-electron chi connectivity index (χ0n) is 11.4. The van der Waals surface area contributed by atoms with Crippen molar-refractivity contribution < 1.29 is 19.8 Å². The van der Waals surface area contributed by atoms with Crippen LogP contribution in [0.1, 0.15) is 35.5 Å². The fourth-order valence-electron chi connectivity index (χ4n) is 1.48. The molecule has 1 aromatic rings. The minimum Gasteiger partial charge on any atom is -0.481 e. The van der Waals surface area contributed by atoms with Gasteiger partial charge in [0.25, 0.3) is 0 Å². The second-order valence-corrected chi connectivity index (χ2v) is 6.01. The van der Waals surface area contributed by atoms with Crippen LogP contribution in [0.4, 0.5) is 0 Å². The summed E-state index contributed by atoms with van der Waals surface area (Å²) in [6.07, 6.45) is 0. The number of hydrogen-bond acceptors (Lipinski definition) is 4. The average molecular weight is 283 g/mol. The molecule has 0 bridgehead atoms. The molecule has 0 atom stereocenters. The molecule has 0 spiro atoms. The molecule has 6 heteroatoms. The van der Waals surface area contributed by atoms with Crippen molar-refractivity contribution >= 4 is 23.7 Å². The van der Waals surface area contributed by atoms with Crippen LogP contribution in [-0.4, -0.2) is 32.9 Å². The van der Waals surface area contributed by atoms with Gasteiger partial charge in [0.05, 0.1) is 11.0 Å². The highest BCUT2D eigenvalue weighted by Gasteiger charge is 2.28. The van der Waals surface area contributed by atoms with E-state index in [4.69, 9.17) is 5.11 Å². The number of aliphatic carboxylic acids is 1. The van der Waals surface area contributed by atoms with Gasteiger partial charge in [0.15, 0.2) is 0 Å². The summed E-state index contributed by atoms with van der Waals surface area (Å²) in [5.74, 6) is -1.69. The summed E-state index contributed by atoms with van der Waals surface area (Å²) < 4.78 is 0. The lowest BCUT2D eigenvalue weighted by Gasteiger charge is -2.19. The lowest BCUT2D eigenvalue weighted by molar-refractivity contribution is -0.145. The highest BCUT2D eigenvalue weighted by Crippen LogP contribution is 2.30. The van der Waals surface area contributed by atoms with Crippen LogP contribution in [-0.2, 0) is 4.79 Å². The van der Waals surface area contributed by atoms with Crippen molar-refractivity contribution in [2.45, 2.75) is 32.7 Å². The molecule has 2 N–H and O–H groups in total. The summed E-state index contributed by atoms with van der Waals surface area (Å²) in [6.45, 7) is 6.70. The zero-order chi connectivity index (χ0) is 14.8. The van der Waals surface area contributed by atoms with Gasteiger partial charge in [-0.15, -0.1) is 11.8 Å². The molecular weight excluding hydrogens is 266 g/mol. The Kier molecular flexibility index (Phi) is 4.57. The second kappa shape index (κ2) is 5.61. The van der Waals surface area contributed by atoms with Gasteiger partial charge in [-0.05, 0) is 39.3 Å². The van der Waals surface area contributed by atoms with Gasteiger partial charge in [0.2, 0.25) is 0 Å². The molecule has 0 fully saturated rings. The molecule has 0 unspecified atom stereocenters. The summed E-state index contributed by atoms with van der Waals surface area (Å²) >= 11 is 1.17. The fraction of sp³-hybridized carbons (Fsp3) is 0.462. The molecule has 1 aromatic heterocycles. The first-order chi connectivity index (χ1) is 8.65. The Bertz CT molecular complexity index is 526. The molecule has 1 heterocycles. The van der Waals surface area contributed by atoms with E-state index in [1.807, 2.05) is 0 Å². The highest BCUT2D eigenvalue weighted by molar-refractivity contribution is 7.99. The molecule has 0 aromatic carbocycles. The minimum atomic E-state index is -1.04. The average Bonchev–Trinajstić information content (AvgIpc) is 2.24. The van der Waals surface area contributed by atoms with Gasteiger partial charge >= 0.3 is 11.9 Å². The van der Waals surface area contributed by atoms with E-state index in [1.54, 1.807) is 33.8 Å². The summed E-state index contributed by atoms with van der Waals surface area (Å²) in [5.41, 5.74) is 0.574. The number of carbonyl (C=O) groups is 2. The van der Waals surface area contributed by atoms with E-state index in [-0.39, 0.29) is 11.3 Å². The van der Waals surface area contributed by atoms with Crippen LogP contribution in [0.25, 0.3) is 0 Å². The topological polar surface area (TPSA) is 87.5 Å². The third-order valence-corrected chi connectivity index (χ3v) is 4.11. The van der Waals surface area contributed by atoms with E-state index in [0.29, 0.717) is 10.6 Å². The minimum absolute atomic E-state index is 0.150. The number of carboxylic acids is 2. The maximum Gasteiger partial charge on any atom is 0.338 e. The summed E-state index contributed by atoms with van der Waals surface area (Å²) in [5, 5.41) is 18.6. The Morgan fingerprint density at radius 1 is 1.32 bits per heavy atom. The highest BCUT2D eigenvalue weighted by atomic mass is 32.2. The van der Waals surface area contributed by atoms with E-state index < -0.39 is 17.4 Å². The van der Waals surface area contributed by atoms with Gasteiger partial charge in [-0.3, -0.25) is 4.79 Å². The van der Waals surface area contributed by atoms with Gasteiger partial charge in [-0.2, -0.15) is 0 Å². The van der Waals surface area contributed by atoms with Crippen LogP contribution in [0.5, 0.6) is 0 Å². The van der Waals surface area contributed by atoms with Crippen LogP contribution in [0.2, 0.25) is 0 Å². The van der Waals surface area contributed by atoms with Crippen LogP contribution < -0.4 is 0 Å². The number of aromatic nitrogens is 1. The van der Waals surface area contributed by atoms with Crippen LogP contribution in [0.3, 0.4) is 0 Å². The standard InChI is InChI=1S/C13H17NO4S/c1-7-5-8(2)14-10(9(7)11(15)16)19-6-13(3,4)12(17)18/h5H,6H2,1-4H3,(H,15,16)(H,17,18). The largest absolute Gasteiger partial charge is 0.481 e. The van der Waals surface area contributed by atoms with Crippen molar-refractivity contribution in [2.75, 3.05) is 5.75 Å². The zero-order valence-corrected chi connectivity index (χ0v) is 12.2. The van der Waals surface area contributed by atoms with Crippen LogP contribution in [0, 0.1) is 19.3 Å². The number of aryl methyl sites for hydroxylation is 2. The van der Waals surface area contributed by atoms with Gasteiger partial charge < -0.3 is 10.2 Å². The molecule has 19 heavy (non-hydrogen) atoms. The molecule has 5 nitrogen and oxygen atoms in total. The quantitative estimate of drug-likeness (QED) is 0.808. The molecule has 0 aliphatic heterocycles. The van der Waals surface area contributed by atoms with E-state index in [0.717, 1.165) is 5.69 Å². The molecule has 0 radical (unpaired) electrons. The third-order valence-electron chi connectivity index (χ3n) is 2.67. The SMILES string of the molecule is Cc1cc(C)c(C(=O)O)c(SCC(C)(C)C(=O)O)n1. The normalized spacial score (nSPS) is 11.4. The first-order valence-electron chi connectivity index (χ1n) is 5.73. The predicted octanol–water partition coefficient (Wildman–Crippen LogP) is 2.60. The number of hydrogen-bond donors (Lipinski definition) is 2. The first kappa shape index (κ1) is 15.5. The molecule has 0 amide bonds. The summed E-state index contributed by atoms with van der Waals surface area (Å²) in [4.78, 5) is 26.5.